The van der Waals surface area contributed by atoms with Crippen LogP contribution in [0.5, 0.6) is 0 Å². The average molecular weight is 142 g/mol. The van der Waals surface area contributed by atoms with Crippen molar-refractivity contribution in [1.29, 1.82) is 0 Å². The number of hydrogen-bond acceptors (Lipinski definition) is 1. The van der Waals surface area contributed by atoms with Crippen molar-refractivity contribution in [2.45, 2.75) is 6.42 Å². The molecule has 3 heteroatoms. The minimum Gasteiger partial charge on any atom is -0.396 e. The number of aliphatic hydroxyl groups excluding tert-OH is 1. The fourth-order valence-electron chi connectivity index (χ4n) is 0.506. The predicted molar refractivity (Wildman–Crippen MR) is 41.2 cm³/mol. The quantitative estimate of drug-likeness (QED) is 0.350. The molecule has 0 unspecified atom stereocenters. The lowest BCUT2D eigenvalue weighted by Gasteiger charge is -1.89. The van der Waals surface area contributed by atoms with Gasteiger partial charge in [0.15, 0.2) is 0 Å². The lowest BCUT2D eigenvalue weighted by atomic mass is 10.4. The van der Waals surface area contributed by atoms with Gasteiger partial charge in [0.25, 0.3) is 0 Å². The molecule has 0 saturated carbocycles. The minimum atomic E-state index is 0.206. The first-order valence-electron chi connectivity index (χ1n) is 3.18. The van der Waals surface area contributed by atoms with Gasteiger partial charge in [-0.05, 0) is 0 Å². The van der Waals surface area contributed by atoms with Gasteiger partial charge in [0.05, 0.1) is 0 Å². The summed E-state index contributed by atoms with van der Waals surface area (Å²) < 4.78 is 1.73. The van der Waals surface area contributed by atoms with Crippen molar-refractivity contribution in [3.05, 3.63) is 12.4 Å². The van der Waals surface area contributed by atoms with Gasteiger partial charge >= 0.3 is 0 Å². The predicted octanol–water partition coefficient (Wildman–Crippen LogP) is -1.67. The van der Waals surface area contributed by atoms with E-state index in [9.17, 15) is 0 Å². The summed E-state index contributed by atoms with van der Waals surface area (Å²) in [5.74, 6) is 0. The van der Waals surface area contributed by atoms with E-state index >= 15 is 0 Å². The van der Waals surface area contributed by atoms with Gasteiger partial charge in [-0.15, -0.1) is 0 Å². The highest BCUT2D eigenvalue weighted by molar-refractivity contribution is 5.15. The third-order valence-electron chi connectivity index (χ3n) is 1.01. The van der Waals surface area contributed by atoms with E-state index in [4.69, 9.17) is 5.11 Å². The normalized spacial score (nSPS) is 10.1. The standard InChI is InChI=1S/C7H13N2O/c1-8-4-6-9(2)5-3-7-10/h4,6,10H,1-3,5,7H2/q+1/p+1/b6-4-. The van der Waals surface area contributed by atoms with Crippen LogP contribution in [0.3, 0.4) is 0 Å². The third-order valence-corrected chi connectivity index (χ3v) is 1.01. The first kappa shape index (κ1) is 9.04. The van der Waals surface area contributed by atoms with Crippen LogP contribution in [-0.4, -0.2) is 36.3 Å². The molecule has 56 valence electrons. The van der Waals surface area contributed by atoms with E-state index in [1.54, 1.807) is 17.0 Å². The molecule has 0 aromatic rings. The van der Waals surface area contributed by atoms with Crippen LogP contribution in [0.1, 0.15) is 6.42 Å². The van der Waals surface area contributed by atoms with Gasteiger partial charge in [0, 0.05) is 13.0 Å². The lowest BCUT2D eigenvalue weighted by molar-refractivity contribution is -0.463. The molecule has 0 aliphatic carbocycles. The highest BCUT2D eigenvalue weighted by Crippen LogP contribution is 1.78. The summed E-state index contributed by atoms with van der Waals surface area (Å²) in [7, 11) is 0. The number of aliphatic hydroxyl groups is 1. The Morgan fingerprint density at radius 3 is 2.80 bits per heavy atom. The third kappa shape index (κ3) is 5.18. The zero-order chi connectivity index (χ0) is 7.82. The molecule has 0 aliphatic rings. The molecule has 0 amide bonds. The summed E-state index contributed by atoms with van der Waals surface area (Å²) in [5.41, 5.74) is 0. The number of nitrogens with one attached hydrogen (secondary N) is 1. The first-order valence-corrected chi connectivity index (χ1v) is 3.18. The van der Waals surface area contributed by atoms with Gasteiger partial charge in [-0.3, -0.25) is 0 Å². The van der Waals surface area contributed by atoms with Crippen molar-refractivity contribution in [3.63, 3.8) is 0 Å². The molecule has 0 aliphatic heterocycles. The maximum atomic E-state index is 8.43. The van der Waals surface area contributed by atoms with E-state index in [1.165, 1.54) is 0 Å². The Kier molecular flexibility index (Phi) is 5.57. The average Bonchev–Trinajstić information content (AvgIpc) is 1.97. The van der Waals surface area contributed by atoms with Crippen LogP contribution in [0.25, 0.3) is 0 Å². The molecule has 0 rings (SSSR count). The minimum absolute atomic E-state index is 0.206. The Morgan fingerprint density at radius 1 is 1.60 bits per heavy atom. The maximum absolute atomic E-state index is 8.43. The van der Waals surface area contributed by atoms with E-state index in [2.05, 4.69) is 18.4 Å². The second-order valence-electron chi connectivity index (χ2n) is 1.91. The summed E-state index contributed by atoms with van der Waals surface area (Å²) >= 11 is 0. The fraction of sp³-hybridized carbons (Fsp3) is 0.429. The van der Waals surface area contributed by atoms with Crippen molar-refractivity contribution < 1.29 is 14.7 Å². The zero-order valence-corrected chi connectivity index (χ0v) is 6.08. The Balaban J connectivity index is 3.43. The molecule has 0 atom stereocenters. The van der Waals surface area contributed by atoms with Crippen LogP contribution < -0.4 is 4.99 Å². The van der Waals surface area contributed by atoms with E-state index in [1.807, 2.05) is 0 Å². The molecular formula is C7H14N2O+2. The van der Waals surface area contributed by atoms with Gasteiger partial charge in [-0.2, -0.15) is 0 Å². The molecule has 2 N–H and O–H groups in total. The van der Waals surface area contributed by atoms with Gasteiger partial charge < -0.3 is 5.11 Å². The van der Waals surface area contributed by atoms with E-state index in [0.29, 0.717) is 0 Å². The summed E-state index contributed by atoms with van der Waals surface area (Å²) in [6.45, 7) is 8.04. The Hall–Kier alpha value is -0.960. The van der Waals surface area contributed by atoms with Gasteiger partial charge in [0.1, 0.15) is 20.0 Å². The molecule has 0 fully saturated rings. The van der Waals surface area contributed by atoms with Crippen LogP contribution in [0, 0.1) is 0 Å². The van der Waals surface area contributed by atoms with Crippen molar-refractivity contribution in [1.82, 2.24) is 0 Å². The van der Waals surface area contributed by atoms with Gasteiger partial charge in [-0.25, -0.2) is 9.57 Å². The molecule has 0 saturated heterocycles. The summed E-state index contributed by atoms with van der Waals surface area (Å²) in [5, 5.41) is 8.43. The highest BCUT2D eigenvalue weighted by Gasteiger charge is 1.93. The van der Waals surface area contributed by atoms with E-state index in [-0.39, 0.29) is 6.61 Å². The fourth-order valence-corrected chi connectivity index (χ4v) is 0.506. The van der Waals surface area contributed by atoms with Crippen LogP contribution >= 0.6 is 0 Å². The number of hydrogen-bond donors (Lipinski definition) is 2. The summed E-state index contributed by atoms with van der Waals surface area (Å²) in [6, 6.07) is 0. The molecule has 10 heavy (non-hydrogen) atoms. The summed E-state index contributed by atoms with van der Waals surface area (Å²) in [4.78, 5) is 2.60. The Morgan fingerprint density at radius 2 is 2.30 bits per heavy atom. The van der Waals surface area contributed by atoms with Gasteiger partial charge in [0.2, 0.25) is 12.4 Å². The second kappa shape index (κ2) is 6.16. The smallest absolute Gasteiger partial charge is 0.232 e. The van der Waals surface area contributed by atoms with E-state index < -0.39 is 0 Å². The molecule has 3 nitrogen and oxygen atoms in total. The lowest BCUT2D eigenvalue weighted by Crippen LogP contribution is -2.57. The van der Waals surface area contributed by atoms with Crippen LogP contribution in [0.2, 0.25) is 0 Å². The molecule has 0 aromatic heterocycles. The van der Waals surface area contributed by atoms with Crippen LogP contribution in [0.4, 0.5) is 0 Å². The van der Waals surface area contributed by atoms with Crippen molar-refractivity contribution in [3.8, 4) is 0 Å². The molecule has 0 bridgehead atoms. The van der Waals surface area contributed by atoms with Crippen molar-refractivity contribution >= 4 is 13.4 Å². The van der Waals surface area contributed by atoms with Crippen LogP contribution in [0.15, 0.2) is 12.4 Å². The molecule has 0 heterocycles. The Bertz CT molecular complexity index is 141. The SMILES string of the molecule is C=[NH+]/C=C\[N+](=C)CCCO. The molecular weight excluding hydrogens is 128 g/mol. The number of nitrogens with zero attached hydrogens (tertiary/aromatic N) is 1. The maximum Gasteiger partial charge on any atom is 0.232 e. The largest absolute Gasteiger partial charge is 0.396 e. The Labute approximate surface area is 61.0 Å². The zero-order valence-electron chi connectivity index (χ0n) is 6.08. The first-order chi connectivity index (χ1) is 4.81. The van der Waals surface area contributed by atoms with Crippen molar-refractivity contribution in [2.24, 2.45) is 0 Å². The molecule has 0 spiro atoms. The van der Waals surface area contributed by atoms with Gasteiger partial charge in [-0.1, -0.05) is 0 Å². The molecule has 0 radical (unpaired) electrons. The number of rotatable bonds is 5. The van der Waals surface area contributed by atoms with Crippen LogP contribution in [-0.2, 0) is 0 Å². The summed E-state index contributed by atoms with van der Waals surface area (Å²) in [6.07, 6.45) is 4.19. The van der Waals surface area contributed by atoms with Crippen molar-refractivity contribution in [2.75, 3.05) is 13.2 Å². The van der Waals surface area contributed by atoms with E-state index in [0.717, 1.165) is 13.0 Å². The highest BCUT2D eigenvalue weighted by atomic mass is 16.3. The molecule has 0 aromatic carbocycles. The topological polar surface area (TPSA) is 37.2 Å². The second-order valence-corrected chi connectivity index (χ2v) is 1.91. The monoisotopic (exact) mass is 142 g/mol.